The number of hydrogen-bond donors (Lipinski definition) is 2. The van der Waals surface area contributed by atoms with E-state index in [9.17, 15) is 9.59 Å². The Hall–Kier alpha value is -2.38. The lowest BCUT2D eigenvalue weighted by atomic mass is 10.3. The molecule has 1 saturated heterocycles. The molecule has 1 aliphatic carbocycles. The molecule has 1 aromatic heterocycles. The van der Waals surface area contributed by atoms with Gasteiger partial charge in [0.25, 0.3) is 0 Å². The molecule has 8 heteroatoms. The fourth-order valence-corrected chi connectivity index (χ4v) is 2.46. The predicted molar refractivity (Wildman–Crippen MR) is 85.0 cm³/mol. The van der Waals surface area contributed by atoms with Gasteiger partial charge in [0.2, 0.25) is 11.9 Å². The minimum atomic E-state index is -0.515. The lowest BCUT2D eigenvalue weighted by molar-refractivity contribution is -0.122. The average Bonchev–Trinajstić information content (AvgIpc) is 3.39. The maximum Gasteiger partial charge on any atom is 0.318 e. The zero-order valence-corrected chi connectivity index (χ0v) is 13.2. The van der Waals surface area contributed by atoms with Crippen LogP contribution in [-0.4, -0.2) is 65.1 Å². The number of anilines is 1. The molecule has 3 rings (SSSR count). The number of urea groups is 1. The van der Waals surface area contributed by atoms with Crippen molar-refractivity contribution < 1.29 is 9.59 Å². The maximum absolute atomic E-state index is 12.2. The minimum Gasteiger partial charge on any atom is -0.352 e. The third-order valence-electron chi connectivity index (χ3n) is 4.06. The summed E-state index contributed by atoms with van der Waals surface area (Å²) in [5.74, 6) is 0.571. The van der Waals surface area contributed by atoms with Gasteiger partial charge in [0, 0.05) is 44.6 Å². The number of nitrogens with one attached hydrogen (secondary N) is 2. The molecule has 2 N–H and O–H groups in total. The van der Waals surface area contributed by atoms with Crippen molar-refractivity contribution in [3.05, 3.63) is 18.5 Å². The van der Waals surface area contributed by atoms with Gasteiger partial charge in [-0.1, -0.05) is 0 Å². The van der Waals surface area contributed by atoms with Gasteiger partial charge in [-0.3, -0.25) is 4.79 Å². The molecule has 1 aromatic rings. The molecular weight excluding hydrogens is 296 g/mol. The molecule has 0 bridgehead atoms. The molecule has 0 radical (unpaired) electrons. The summed E-state index contributed by atoms with van der Waals surface area (Å²) < 4.78 is 0. The first-order chi connectivity index (χ1) is 11.1. The van der Waals surface area contributed by atoms with Crippen LogP contribution in [-0.2, 0) is 4.79 Å². The van der Waals surface area contributed by atoms with Crippen molar-refractivity contribution in [3.8, 4) is 0 Å². The Bertz CT molecular complexity index is 554. The molecule has 2 fully saturated rings. The van der Waals surface area contributed by atoms with Crippen molar-refractivity contribution in [1.29, 1.82) is 0 Å². The molecule has 3 amide bonds. The summed E-state index contributed by atoms with van der Waals surface area (Å²) in [6, 6.07) is 1.37. The van der Waals surface area contributed by atoms with Crippen LogP contribution in [0.5, 0.6) is 0 Å². The number of carbonyl (C=O) groups is 2. The van der Waals surface area contributed by atoms with Gasteiger partial charge < -0.3 is 20.4 Å². The second-order valence-corrected chi connectivity index (χ2v) is 5.98. The Labute approximate surface area is 135 Å². The van der Waals surface area contributed by atoms with Crippen LogP contribution in [0.3, 0.4) is 0 Å². The molecule has 0 spiro atoms. The van der Waals surface area contributed by atoms with Crippen LogP contribution in [0.4, 0.5) is 10.7 Å². The minimum absolute atomic E-state index is 0.114. The van der Waals surface area contributed by atoms with E-state index >= 15 is 0 Å². The summed E-state index contributed by atoms with van der Waals surface area (Å²) in [6.07, 6.45) is 5.50. The standard InChI is InChI=1S/C15H22N6O2/c1-11(13(22)19-12-3-4-12)18-15(23)21-9-7-20(8-10-21)14-16-5-2-6-17-14/h2,5-6,11-12H,3-4,7-10H2,1H3,(H,18,23)(H,19,22)/t11-/m1/s1. The van der Waals surface area contributed by atoms with Crippen LogP contribution in [0.25, 0.3) is 0 Å². The third-order valence-corrected chi connectivity index (χ3v) is 4.06. The summed E-state index contributed by atoms with van der Waals surface area (Å²) >= 11 is 0. The molecular formula is C15H22N6O2. The summed E-state index contributed by atoms with van der Waals surface area (Å²) in [5.41, 5.74) is 0. The van der Waals surface area contributed by atoms with Gasteiger partial charge in [0.05, 0.1) is 0 Å². The van der Waals surface area contributed by atoms with Crippen molar-refractivity contribution >= 4 is 17.9 Å². The first kappa shape index (κ1) is 15.5. The van der Waals surface area contributed by atoms with E-state index in [2.05, 4.69) is 20.6 Å². The number of piperazine rings is 1. The van der Waals surface area contributed by atoms with Gasteiger partial charge >= 0.3 is 6.03 Å². The van der Waals surface area contributed by atoms with Gasteiger partial charge in [-0.15, -0.1) is 0 Å². The molecule has 0 aromatic carbocycles. The summed E-state index contributed by atoms with van der Waals surface area (Å²) in [5, 5.41) is 5.66. The van der Waals surface area contributed by atoms with Gasteiger partial charge in [0.1, 0.15) is 6.04 Å². The zero-order valence-electron chi connectivity index (χ0n) is 13.2. The monoisotopic (exact) mass is 318 g/mol. The maximum atomic E-state index is 12.2. The highest BCUT2D eigenvalue weighted by atomic mass is 16.2. The SMILES string of the molecule is C[C@@H](NC(=O)N1CCN(c2ncccn2)CC1)C(=O)NC1CC1. The normalized spacial score (nSPS) is 19.2. The van der Waals surface area contributed by atoms with Crippen LogP contribution in [0.15, 0.2) is 18.5 Å². The van der Waals surface area contributed by atoms with Crippen molar-refractivity contribution in [3.63, 3.8) is 0 Å². The van der Waals surface area contributed by atoms with Gasteiger partial charge in [-0.2, -0.15) is 0 Å². The number of hydrogen-bond acceptors (Lipinski definition) is 5. The van der Waals surface area contributed by atoms with Crippen LogP contribution < -0.4 is 15.5 Å². The smallest absolute Gasteiger partial charge is 0.318 e. The number of nitrogens with zero attached hydrogens (tertiary/aromatic N) is 4. The van der Waals surface area contributed by atoms with Crippen LogP contribution >= 0.6 is 0 Å². The lowest BCUT2D eigenvalue weighted by Gasteiger charge is -2.35. The fourth-order valence-electron chi connectivity index (χ4n) is 2.46. The van der Waals surface area contributed by atoms with E-state index in [-0.39, 0.29) is 11.9 Å². The Morgan fingerprint density at radius 2 is 1.83 bits per heavy atom. The van der Waals surface area contributed by atoms with Crippen LogP contribution in [0, 0.1) is 0 Å². The highest BCUT2D eigenvalue weighted by Crippen LogP contribution is 2.18. The van der Waals surface area contributed by atoms with E-state index in [0.29, 0.717) is 38.2 Å². The third kappa shape index (κ3) is 4.08. The average molecular weight is 318 g/mol. The zero-order chi connectivity index (χ0) is 16.2. The van der Waals surface area contributed by atoms with Gasteiger partial charge in [-0.25, -0.2) is 14.8 Å². The molecule has 1 atom stereocenters. The molecule has 2 heterocycles. The highest BCUT2D eigenvalue weighted by molar-refractivity contribution is 5.87. The van der Waals surface area contributed by atoms with E-state index in [0.717, 1.165) is 12.8 Å². The molecule has 1 saturated carbocycles. The largest absolute Gasteiger partial charge is 0.352 e. The van der Waals surface area contributed by atoms with Crippen LogP contribution in [0.1, 0.15) is 19.8 Å². The number of amides is 3. The van der Waals surface area contributed by atoms with E-state index in [4.69, 9.17) is 0 Å². The van der Waals surface area contributed by atoms with E-state index in [1.807, 2.05) is 4.90 Å². The number of carbonyl (C=O) groups excluding carboxylic acids is 2. The van der Waals surface area contributed by atoms with Crippen molar-refractivity contribution in [2.24, 2.45) is 0 Å². The molecule has 124 valence electrons. The highest BCUT2D eigenvalue weighted by Gasteiger charge is 2.28. The quantitative estimate of drug-likeness (QED) is 0.814. The Morgan fingerprint density at radius 3 is 2.43 bits per heavy atom. The first-order valence-electron chi connectivity index (χ1n) is 8.01. The molecule has 23 heavy (non-hydrogen) atoms. The fraction of sp³-hybridized carbons (Fsp3) is 0.600. The summed E-state index contributed by atoms with van der Waals surface area (Å²) in [4.78, 5) is 36.3. The van der Waals surface area contributed by atoms with E-state index in [1.165, 1.54) is 0 Å². The molecule has 8 nitrogen and oxygen atoms in total. The van der Waals surface area contributed by atoms with Gasteiger partial charge in [0.15, 0.2) is 0 Å². The predicted octanol–water partition coefficient (Wildman–Crippen LogP) is -0.0247. The van der Waals surface area contributed by atoms with Gasteiger partial charge in [-0.05, 0) is 25.8 Å². The molecule has 2 aliphatic rings. The van der Waals surface area contributed by atoms with Crippen molar-refractivity contribution in [1.82, 2.24) is 25.5 Å². The Balaban J connectivity index is 1.45. The lowest BCUT2D eigenvalue weighted by Crippen LogP contribution is -2.55. The molecule has 0 unspecified atom stereocenters. The first-order valence-corrected chi connectivity index (χ1v) is 8.01. The Kier molecular flexibility index (Phi) is 4.59. The number of rotatable bonds is 4. The Morgan fingerprint density at radius 1 is 1.17 bits per heavy atom. The summed E-state index contributed by atoms with van der Waals surface area (Å²) in [6.45, 7) is 4.24. The molecule has 1 aliphatic heterocycles. The second-order valence-electron chi connectivity index (χ2n) is 5.98. The van der Waals surface area contributed by atoms with Crippen molar-refractivity contribution in [2.75, 3.05) is 31.1 Å². The van der Waals surface area contributed by atoms with E-state index < -0.39 is 6.04 Å². The summed E-state index contributed by atoms with van der Waals surface area (Å²) in [7, 11) is 0. The van der Waals surface area contributed by atoms with Crippen molar-refractivity contribution in [2.45, 2.75) is 31.8 Å². The second kappa shape index (κ2) is 6.80. The topological polar surface area (TPSA) is 90.5 Å². The number of aromatic nitrogens is 2. The van der Waals surface area contributed by atoms with Crippen LogP contribution in [0.2, 0.25) is 0 Å². The van der Waals surface area contributed by atoms with E-state index in [1.54, 1.807) is 30.3 Å².